The van der Waals surface area contributed by atoms with Gasteiger partial charge in [0, 0.05) is 31.1 Å². The SMILES string of the molecule is CC(C)(O)Cn1c(Nc2c(Cl)ccc(CNC(=O)C(C)(C)C)c2Cl)nc2cc(C(=O)N[C@H]3CC[C@H](C(F)(F)F)CC3)c(N3CCC(C(F)(F)F)CC3)cc21. The number of nitrogens with one attached hydrogen (secondary N) is 3. The summed E-state index contributed by atoms with van der Waals surface area (Å²) in [6.07, 6.45) is -9.07. The molecule has 5 rings (SSSR count). The van der Waals surface area contributed by atoms with Gasteiger partial charge in [-0.05, 0) is 76.1 Å². The zero-order valence-corrected chi connectivity index (χ0v) is 32.3. The third-order valence-corrected chi connectivity index (χ3v) is 10.8. The number of aromatic nitrogens is 2. The van der Waals surface area contributed by atoms with Crippen molar-refractivity contribution in [1.29, 1.82) is 0 Å². The van der Waals surface area contributed by atoms with Gasteiger partial charge in [0.25, 0.3) is 5.91 Å². The summed E-state index contributed by atoms with van der Waals surface area (Å²) >= 11 is 13.4. The van der Waals surface area contributed by atoms with Crippen LogP contribution in [0.25, 0.3) is 11.0 Å². The number of anilines is 3. The molecule has 298 valence electrons. The van der Waals surface area contributed by atoms with Crippen LogP contribution in [0.4, 0.5) is 43.7 Å². The van der Waals surface area contributed by atoms with Gasteiger partial charge in [0.1, 0.15) is 0 Å². The molecule has 0 unspecified atom stereocenters. The maximum Gasteiger partial charge on any atom is 0.391 e. The smallest absolute Gasteiger partial charge is 0.389 e. The van der Waals surface area contributed by atoms with E-state index in [4.69, 9.17) is 28.2 Å². The molecule has 9 nitrogen and oxygen atoms in total. The van der Waals surface area contributed by atoms with Crippen molar-refractivity contribution in [1.82, 2.24) is 20.2 Å². The fourth-order valence-corrected chi connectivity index (χ4v) is 7.45. The standard InChI is InChI=1S/C37H46Cl2F6N6O3/c1-34(2,3)32(53)46-18-20-6-11-25(38)30(29(20)39)49-33-48-26-16-24(31(52)47-23-9-7-21(8-10-23)36(40,41)42)27(17-28(26)51(33)19-35(4,5)54)50-14-12-22(13-15-50)37(43,44)45/h6,11,16-17,21-23,54H,7-10,12-15,18-19H2,1-5H3,(H,46,53)(H,47,52)(H,48,49)/t21-,23-. The first-order valence-corrected chi connectivity index (χ1v) is 18.7. The molecule has 0 spiro atoms. The molecule has 4 N–H and O–H groups in total. The molecule has 0 bridgehead atoms. The lowest BCUT2D eigenvalue weighted by Crippen LogP contribution is -2.42. The summed E-state index contributed by atoms with van der Waals surface area (Å²) in [5.74, 6) is -3.54. The second-order valence-electron chi connectivity index (χ2n) is 16.0. The van der Waals surface area contributed by atoms with E-state index in [-0.39, 0.29) is 97.9 Å². The Hall–Kier alpha value is -3.43. The van der Waals surface area contributed by atoms with Crippen molar-refractivity contribution in [3.05, 3.63) is 45.4 Å². The highest BCUT2D eigenvalue weighted by Crippen LogP contribution is 2.41. The number of piperidine rings is 1. The topological polar surface area (TPSA) is 112 Å². The quantitative estimate of drug-likeness (QED) is 0.161. The minimum atomic E-state index is -4.37. The van der Waals surface area contributed by atoms with Gasteiger partial charge in [-0.2, -0.15) is 26.3 Å². The van der Waals surface area contributed by atoms with E-state index in [1.54, 1.807) is 62.3 Å². The summed E-state index contributed by atoms with van der Waals surface area (Å²) in [5.41, 5.74) is 0.0517. The number of amides is 2. The first kappa shape index (κ1) is 41.7. The highest BCUT2D eigenvalue weighted by atomic mass is 35.5. The van der Waals surface area contributed by atoms with E-state index in [2.05, 4.69) is 16.0 Å². The average Bonchev–Trinajstić information content (AvgIpc) is 3.38. The number of hydrogen-bond donors (Lipinski definition) is 4. The predicted molar refractivity (Wildman–Crippen MR) is 197 cm³/mol. The Kier molecular flexibility index (Phi) is 12.1. The lowest BCUT2D eigenvalue weighted by Gasteiger charge is -2.35. The Morgan fingerprint density at radius 1 is 0.889 bits per heavy atom. The summed E-state index contributed by atoms with van der Waals surface area (Å²) in [5, 5.41) is 20.3. The highest BCUT2D eigenvalue weighted by Gasteiger charge is 2.43. The maximum absolute atomic E-state index is 13.9. The number of carbonyl (C=O) groups excluding carboxylic acids is 2. The van der Waals surface area contributed by atoms with Crippen molar-refractivity contribution in [2.24, 2.45) is 17.3 Å². The largest absolute Gasteiger partial charge is 0.391 e. The maximum atomic E-state index is 13.9. The van der Waals surface area contributed by atoms with Crippen LogP contribution in [0.5, 0.6) is 0 Å². The number of carbonyl (C=O) groups is 2. The van der Waals surface area contributed by atoms with Crippen LogP contribution in [-0.4, -0.2) is 63.6 Å². The molecule has 3 aromatic rings. The van der Waals surface area contributed by atoms with E-state index in [1.807, 2.05) is 0 Å². The van der Waals surface area contributed by atoms with E-state index in [0.29, 0.717) is 22.3 Å². The minimum absolute atomic E-state index is 0.00114. The number of halogens is 8. The van der Waals surface area contributed by atoms with Gasteiger partial charge < -0.3 is 30.5 Å². The van der Waals surface area contributed by atoms with Crippen molar-refractivity contribution in [2.75, 3.05) is 23.3 Å². The predicted octanol–water partition coefficient (Wildman–Crippen LogP) is 9.15. The first-order valence-electron chi connectivity index (χ1n) is 17.9. The minimum Gasteiger partial charge on any atom is -0.389 e. The molecular formula is C37H46Cl2F6N6O3. The van der Waals surface area contributed by atoms with E-state index in [9.17, 15) is 41.0 Å². The number of fused-ring (bicyclic) bond motifs is 1. The van der Waals surface area contributed by atoms with Gasteiger partial charge >= 0.3 is 12.4 Å². The lowest BCUT2D eigenvalue weighted by molar-refractivity contribution is -0.182. The van der Waals surface area contributed by atoms with Gasteiger partial charge in [0.2, 0.25) is 11.9 Å². The Labute approximate surface area is 320 Å². The van der Waals surface area contributed by atoms with Crippen LogP contribution in [0.15, 0.2) is 24.3 Å². The van der Waals surface area contributed by atoms with E-state index in [0.717, 1.165) is 0 Å². The molecule has 1 saturated heterocycles. The summed E-state index contributed by atoms with van der Waals surface area (Å²) < 4.78 is 82.5. The molecule has 0 atom stereocenters. The molecular weight excluding hydrogens is 761 g/mol. The third kappa shape index (κ3) is 9.86. The van der Waals surface area contributed by atoms with Crippen LogP contribution < -0.4 is 20.9 Å². The van der Waals surface area contributed by atoms with Crippen molar-refractivity contribution in [3.63, 3.8) is 0 Å². The molecule has 2 aliphatic rings. The van der Waals surface area contributed by atoms with Crippen LogP contribution in [0, 0.1) is 17.3 Å². The number of imidazole rings is 1. The van der Waals surface area contributed by atoms with E-state index in [1.165, 1.54) is 6.07 Å². The Morgan fingerprint density at radius 2 is 1.48 bits per heavy atom. The molecule has 1 saturated carbocycles. The zero-order valence-electron chi connectivity index (χ0n) is 30.7. The van der Waals surface area contributed by atoms with Crippen LogP contribution in [0.3, 0.4) is 0 Å². The monoisotopic (exact) mass is 806 g/mol. The van der Waals surface area contributed by atoms with Crippen LogP contribution >= 0.6 is 23.2 Å². The molecule has 2 heterocycles. The molecule has 17 heteroatoms. The summed E-state index contributed by atoms with van der Waals surface area (Å²) in [6.45, 7) is 8.58. The van der Waals surface area contributed by atoms with Gasteiger partial charge in [-0.25, -0.2) is 4.98 Å². The third-order valence-electron chi connectivity index (χ3n) is 10.0. The van der Waals surface area contributed by atoms with Crippen LogP contribution in [0.1, 0.15) is 89.1 Å². The molecule has 0 radical (unpaired) electrons. The number of rotatable bonds is 9. The number of hydrogen-bond acceptors (Lipinski definition) is 6. The summed E-state index contributed by atoms with van der Waals surface area (Å²) in [6, 6.07) is 5.90. The van der Waals surface area contributed by atoms with Crippen LogP contribution in [0.2, 0.25) is 10.0 Å². The van der Waals surface area contributed by atoms with Crippen molar-refractivity contribution in [3.8, 4) is 0 Å². The number of alkyl halides is 6. The van der Waals surface area contributed by atoms with E-state index >= 15 is 0 Å². The Bertz CT molecular complexity index is 1850. The van der Waals surface area contributed by atoms with Gasteiger partial charge in [0.05, 0.1) is 62.0 Å². The van der Waals surface area contributed by atoms with Gasteiger partial charge in [-0.1, -0.05) is 50.0 Å². The van der Waals surface area contributed by atoms with Crippen molar-refractivity contribution in [2.45, 2.75) is 110 Å². The highest BCUT2D eigenvalue weighted by molar-refractivity contribution is 6.39. The second kappa shape index (κ2) is 15.6. The van der Waals surface area contributed by atoms with Gasteiger partial charge in [-0.3, -0.25) is 9.59 Å². The molecule has 54 heavy (non-hydrogen) atoms. The molecule has 1 aliphatic carbocycles. The second-order valence-corrected chi connectivity index (χ2v) is 16.8. The zero-order chi connectivity index (χ0) is 40.0. The number of benzene rings is 2. The normalized spacial score (nSPS) is 19.3. The number of aliphatic hydroxyl groups is 1. The molecule has 1 aliphatic heterocycles. The summed E-state index contributed by atoms with van der Waals surface area (Å²) in [4.78, 5) is 32.9. The lowest BCUT2D eigenvalue weighted by atomic mass is 9.85. The Balaban J connectivity index is 1.55. The first-order chi connectivity index (χ1) is 24.9. The number of nitrogens with zero attached hydrogens (tertiary/aromatic N) is 3. The summed E-state index contributed by atoms with van der Waals surface area (Å²) in [7, 11) is 0. The van der Waals surface area contributed by atoms with Crippen molar-refractivity contribution >= 4 is 63.4 Å². The van der Waals surface area contributed by atoms with E-state index < -0.39 is 47.2 Å². The average molecular weight is 808 g/mol. The fraction of sp³-hybridized carbons (Fsp3) is 0.595. The van der Waals surface area contributed by atoms with Crippen molar-refractivity contribution < 1.29 is 41.0 Å². The van der Waals surface area contributed by atoms with Gasteiger partial charge in [0.15, 0.2) is 0 Å². The molecule has 2 amide bonds. The Morgan fingerprint density at radius 3 is 2.04 bits per heavy atom. The fourth-order valence-electron chi connectivity index (χ4n) is 6.92. The van der Waals surface area contributed by atoms with Gasteiger partial charge in [-0.15, -0.1) is 0 Å². The molecule has 2 fully saturated rings. The molecule has 2 aromatic carbocycles. The van der Waals surface area contributed by atoms with Crippen LogP contribution in [-0.2, 0) is 17.9 Å². The molecule has 1 aromatic heterocycles.